The lowest BCUT2D eigenvalue weighted by Crippen LogP contribution is -2.29. The fraction of sp³-hybridized carbons (Fsp3) is 0.222. The van der Waals surface area contributed by atoms with Gasteiger partial charge in [0.2, 0.25) is 0 Å². The molecule has 6 nitrogen and oxygen atoms in total. The van der Waals surface area contributed by atoms with Gasteiger partial charge in [0.1, 0.15) is 0 Å². The predicted octanol–water partition coefficient (Wildman–Crippen LogP) is 4.37. The van der Waals surface area contributed by atoms with Gasteiger partial charge in [0.15, 0.2) is 11.5 Å². The maximum Gasteiger partial charge on any atom is 0.314 e. The van der Waals surface area contributed by atoms with Crippen molar-refractivity contribution in [3.63, 3.8) is 0 Å². The monoisotopic (exact) mass is 396 g/mol. The molecule has 0 spiro atoms. The Balaban J connectivity index is 2.09. The van der Waals surface area contributed by atoms with Gasteiger partial charge >= 0.3 is 11.8 Å². The fourth-order valence-electron chi connectivity index (χ4n) is 2.10. The van der Waals surface area contributed by atoms with E-state index in [-0.39, 0.29) is 15.7 Å². The standard InChI is InChI=1S/C18H18Cl2N2O4/c1-3-25-14-9-8-11(10-15(14)26-4-2)21-17(23)18(24)22-13-7-5-6-12(19)16(13)20/h5-10H,3-4H2,1-2H3,(H,21,23)(H,22,24). The summed E-state index contributed by atoms with van der Waals surface area (Å²) in [6, 6.07) is 9.60. The van der Waals surface area contributed by atoms with Crippen LogP contribution in [0.2, 0.25) is 10.0 Å². The lowest BCUT2D eigenvalue weighted by Gasteiger charge is -2.13. The van der Waals surface area contributed by atoms with Gasteiger partial charge in [-0.25, -0.2) is 0 Å². The van der Waals surface area contributed by atoms with Gasteiger partial charge in [-0.2, -0.15) is 0 Å². The molecule has 2 amide bonds. The molecular weight excluding hydrogens is 379 g/mol. The number of carbonyl (C=O) groups excluding carboxylic acids is 2. The van der Waals surface area contributed by atoms with E-state index in [1.54, 1.807) is 36.4 Å². The third-order valence-corrected chi connectivity index (χ3v) is 4.03. The molecule has 2 aromatic rings. The third-order valence-electron chi connectivity index (χ3n) is 3.21. The maximum absolute atomic E-state index is 12.1. The minimum absolute atomic E-state index is 0.162. The van der Waals surface area contributed by atoms with Crippen molar-refractivity contribution in [1.82, 2.24) is 0 Å². The highest BCUT2D eigenvalue weighted by molar-refractivity contribution is 6.47. The largest absolute Gasteiger partial charge is 0.490 e. The summed E-state index contributed by atoms with van der Waals surface area (Å²) >= 11 is 11.9. The Labute approximate surface area is 161 Å². The molecular formula is C18H18Cl2N2O4. The van der Waals surface area contributed by atoms with Crippen molar-refractivity contribution in [2.24, 2.45) is 0 Å². The van der Waals surface area contributed by atoms with Gasteiger partial charge in [-0.15, -0.1) is 0 Å². The SMILES string of the molecule is CCOc1ccc(NC(=O)C(=O)Nc2cccc(Cl)c2Cl)cc1OCC. The summed E-state index contributed by atoms with van der Waals surface area (Å²) in [5.74, 6) is -0.693. The minimum atomic E-state index is -0.874. The summed E-state index contributed by atoms with van der Waals surface area (Å²) in [6.07, 6.45) is 0. The van der Waals surface area contributed by atoms with Crippen LogP contribution in [0.5, 0.6) is 11.5 Å². The molecule has 0 bridgehead atoms. The Hall–Kier alpha value is -2.44. The first-order chi connectivity index (χ1) is 12.5. The molecule has 0 saturated carbocycles. The number of carbonyl (C=O) groups is 2. The zero-order valence-electron chi connectivity index (χ0n) is 14.3. The van der Waals surface area contributed by atoms with Crippen molar-refractivity contribution in [2.75, 3.05) is 23.8 Å². The van der Waals surface area contributed by atoms with Crippen LogP contribution in [0.15, 0.2) is 36.4 Å². The summed E-state index contributed by atoms with van der Waals surface area (Å²) in [6.45, 7) is 4.61. The number of halogens is 2. The summed E-state index contributed by atoms with van der Waals surface area (Å²) < 4.78 is 10.9. The average Bonchev–Trinajstić information content (AvgIpc) is 2.61. The van der Waals surface area contributed by atoms with E-state index in [1.807, 2.05) is 13.8 Å². The van der Waals surface area contributed by atoms with Gasteiger partial charge in [0.25, 0.3) is 0 Å². The summed E-state index contributed by atoms with van der Waals surface area (Å²) in [4.78, 5) is 24.2. The molecule has 0 aliphatic rings. The van der Waals surface area contributed by atoms with E-state index in [0.29, 0.717) is 30.4 Å². The molecule has 138 valence electrons. The highest BCUT2D eigenvalue weighted by Crippen LogP contribution is 2.31. The first-order valence-electron chi connectivity index (χ1n) is 7.92. The lowest BCUT2D eigenvalue weighted by molar-refractivity contribution is -0.132. The molecule has 0 aromatic heterocycles. The van der Waals surface area contributed by atoms with E-state index >= 15 is 0 Å². The van der Waals surface area contributed by atoms with Crippen molar-refractivity contribution in [2.45, 2.75) is 13.8 Å². The van der Waals surface area contributed by atoms with Crippen LogP contribution >= 0.6 is 23.2 Å². The molecule has 2 rings (SSSR count). The maximum atomic E-state index is 12.1. The topological polar surface area (TPSA) is 76.7 Å². The second-order valence-electron chi connectivity index (χ2n) is 5.04. The summed E-state index contributed by atoms with van der Waals surface area (Å²) in [7, 11) is 0. The Morgan fingerprint density at radius 3 is 2.27 bits per heavy atom. The predicted molar refractivity (Wildman–Crippen MR) is 103 cm³/mol. The van der Waals surface area contributed by atoms with E-state index in [4.69, 9.17) is 32.7 Å². The smallest absolute Gasteiger partial charge is 0.314 e. The van der Waals surface area contributed by atoms with Crippen LogP contribution in [-0.2, 0) is 9.59 Å². The first-order valence-corrected chi connectivity index (χ1v) is 8.67. The van der Waals surface area contributed by atoms with E-state index in [1.165, 1.54) is 0 Å². The molecule has 0 radical (unpaired) electrons. The van der Waals surface area contributed by atoms with Gasteiger partial charge in [0, 0.05) is 11.8 Å². The Kier molecular flexibility index (Phi) is 7.12. The van der Waals surface area contributed by atoms with Gasteiger partial charge < -0.3 is 20.1 Å². The normalized spacial score (nSPS) is 10.2. The molecule has 0 fully saturated rings. The molecule has 26 heavy (non-hydrogen) atoms. The van der Waals surface area contributed by atoms with Crippen molar-refractivity contribution < 1.29 is 19.1 Å². The van der Waals surface area contributed by atoms with Gasteiger partial charge in [-0.05, 0) is 38.1 Å². The Bertz CT molecular complexity index is 812. The van der Waals surface area contributed by atoms with Crippen LogP contribution in [0.4, 0.5) is 11.4 Å². The second kappa shape index (κ2) is 9.31. The van der Waals surface area contributed by atoms with E-state index in [2.05, 4.69) is 10.6 Å². The first kappa shape index (κ1) is 19.9. The van der Waals surface area contributed by atoms with Crippen LogP contribution in [0.3, 0.4) is 0 Å². The molecule has 0 unspecified atom stereocenters. The van der Waals surface area contributed by atoms with Crippen molar-refractivity contribution in [3.8, 4) is 11.5 Å². The number of hydrogen-bond donors (Lipinski definition) is 2. The number of amides is 2. The minimum Gasteiger partial charge on any atom is -0.490 e. The van der Waals surface area contributed by atoms with Crippen molar-refractivity contribution in [1.29, 1.82) is 0 Å². The zero-order chi connectivity index (χ0) is 19.1. The van der Waals surface area contributed by atoms with Gasteiger partial charge in [-0.3, -0.25) is 9.59 Å². The van der Waals surface area contributed by atoms with Crippen LogP contribution in [0, 0.1) is 0 Å². The average molecular weight is 397 g/mol. The number of rotatable bonds is 6. The Morgan fingerprint density at radius 1 is 0.923 bits per heavy atom. The molecule has 8 heteroatoms. The van der Waals surface area contributed by atoms with Crippen LogP contribution in [-0.4, -0.2) is 25.0 Å². The fourth-order valence-corrected chi connectivity index (χ4v) is 2.44. The zero-order valence-corrected chi connectivity index (χ0v) is 15.8. The highest BCUT2D eigenvalue weighted by Gasteiger charge is 2.17. The van der Waals surface area contributed by atoms with Gasteiger partial charge in [-0.1, -0.05) is 29.3 Å². The Morgan fingerprint density at radius 2 is 1.58 bits per heavy atom. The van der Waals surface area contributed by atoms with Crippen molar-refractivity contribution in [3.05, 3.63) is 46.4 Å². The molecule has 0 saturated heterocycles. The number of ether oxygens (including phenoxy) is 2. The summed E-state index contributed by atoms with van der Waals surface area (Å²) in [5.41, 5.74) is 0.648. The molecule has 2 N–H and O–H groups in total. The lowest BCUT2D eigenvalue weighted by atomic mass is 10.2. The number of benzene rings is 2. The van der Waals surface area contributed by atoms with Gasteiger partial charge in [0.05, 0.1) is 28.9 Å². The number of anilines is 2. The highest BCUT2D eigenvalue weighted by atomic mass is 35.5. The molecule has 0 atom stereocenters. The van der Waals surface area contributed by atoms with E-state index < -0.39 is 11.8 Å². The molecule has 0 aliphatic carbocycles. The van der Waals surface area contributed by atoms with Crippen molar-refractivity contribution >= 4 is 46.4 Å². The number of hydrogen-bond acceptors (Lipinski definition) is 4. The molecule has 0 heterocycles. The van der Waals surface area contributed by atoms with E-state index in [9.17, 15) is 9.59 Å². The molecule has 0 aliphatic heterocycles. The van der Waals surface area contributed by atoms with Crippen LogP contribution < -0.4 is 20.1 Å². The van der Waals surface area contributed by atoms with Crippen LogP contribution in [0.1, 0.15) is 13.8 Å². The second-order valence-corrected chi connectivity index (χ2v) is 5.82. The summed E-state index contributed by atoms with van der Waals surface area (Å²) in [5, 5.41) is 5.36. The van der Waals surface area contributed by atoms with Crippen LogP contribution in [0.25, 0.3) is 0 Å². The quantitative estimate of drug-likeness (QED) is 0.710. The number of nitrogens with one attached hydrogen (secondary N) is 2. The third kappa shape index (κ3) is 5.03. The van der Waals surface area contributed by atoms with E-state index in [0.717, 1.165) is 0 Å². The molecule has 2 aromatic carbocycles.